The number of hydrogen-bond acceptors (Lipinski definition) is 4. The zero-order chi connectivity index (χ0) is 19.1. The number of primary amides is 1. The molecule has 3 rings (SSSR count). The van der Waals surface area contributed by atoms with E-state index in [9.17, 15) is 4.79 Å². The molecule has 1 amide bonds. The van der Waals surface area contributed by atoms with Gasteiger partial charge in [0.25, 0.3) is 0 Å². The Balaban J connectivity index is 0.00000261. The number of rotatable bonds is 3. The molecule has 1 saturated carbocycles. The van der Waals surface area contributed by atoms with E-state index in [0.717, 1.165) is 45.2 Å². The first-order valence-electron chi connectivity index (χ1n) is 9.84. The first kappa shape index (κ1) is 22.7. The van der Waals surface area contributed by atoms with Crippen molar-refractivity contribution in [1.82, 2.24) is 15.1 Å². The summed E-state index contributed by atoms with van der Waals surface area (Å²) in [6, 6.07) is 0.395. The van der Waals surface area contributed by atoms with Crippen LogP contribution in [0, 0.1) is 11.3 Å². The monoisotopic (exact) mass is 493 g/mol. The maximum absolute atomic E-state index is 11.7. The van der Waals surface area contributed by atoms with Crippen LogP contribution in [0.2, 0.25) is 0 Å². The van der Waals surface area contributed by atoms with Crippen molar-refractivity contribution in [3.8, 4) is 0 Å². The Morgan fingerprint density at radius 2 is 1.89 bits per heavy atom. The van der Waals surface area contributed by atoms with Gasteiger partial charge in [-0.2, -0.15) is 0 Å². The molecule has 0 aromatic heterocycles. The van der Waals surface area contributed by atoms with E-state index in [-0.39, 0.29) is 35.3 Å². The fourth-order valence-corrected chi connectivity index (χ4v) is 4.88. The fourth-order valence-electron chi connectivity index (χ4n) is 4.88. The summed E-state index contributed by atoms with van der Waals surface area (Å²) in [6.07, 6.45) is 2.73. The molecule has 3 N–H and O–H groups in total. The highest BCUT2D eigenvalue weighted by molar-refractivity contribution is 14.0. The van der Waals surface area contributed by atoms with Gasteiger partial charge in [-0.3, -0.25) is 14.7 Å². The number of fused-ring (bicyclic) bond motifs is 1. The summed E-state index contributed by atoms with van der Waals surface area (Å²) in [5, 5.41) is 3.72. The molecule has 3 aliphatic rings. The molecule has 3 fully saturated rings. The number of piperazine rings is 1. The molecule has 27 heavy (non-hydrogen) atoms. The van der Waals surface area contributed by atoms with Crippen LogP contribution in [0.25, 0.3) is 0 Å². The predicted octanol–water partition coefficient (Wildman–Crippen LogP) is 1.26. The average molecular weight is 493 g/mol. The Morgan fingerprint density at radius 3 is 2.44 bits per heavy atom. The lowest BCUT2D eigenvalue weighted by Crippen LogP contribution is -2.71. The summed E-state index contributed by atoms with van der Waals surface area (Å²) < 4.78 is 6.01. The highest BCUT2D eigenvalue weighted by Crippen LogP contribution is 2.51. The number of guanidine groups is 1. The van der Waals surface area contributed by atoms with Crippen LogP contribution in [0.4, 0.5) is 0 Å². The number of hydrogen-bond donors (Lipinski definition) is 2. The molecule has 2 heterocycles. The molecule has 3 unspecified atom stereocenters. The standard InChI is InChI=1S/C19H35N5O2.HI/c1-18(2)14(13-7-6-12-26-15(13)18)22-17(21-5)23-8-10-24(11-9-23)19(3,4)16(20)25;/h13-15H,6-12H2,1-5H3,(H2,20,25)(H,21,22);1H. The maximum atomic E-state index is 11.7. The molecule has 156 valence electrons. The smallest absolute Gasteiger partial charge is 0.237 e. The number of ether oxygens (including phenoxy) is 1. The molecule has 0 aromatic rings. The van der Waals surface area contributed by atoms with Crippen molar-refractivity contribution in [2.24, 2.45) is 22.1 Å². The van der Waals surface area contributed by atoms with Gasteiger partial charge in [-0.1, -0.05) is 13.8 Å². The SMILES string of the molecule is CN=C(NC1C2CCCOC2C1(C)C)N1CCN(C(C)(C)C(N)=O)CC1.I. The number of aliphatic imine (C=N–C) groups is 1. The number of nitrogens with one attached hydrogen (secondary N) is 1. The topological polar surface area (TPSA) is 83.2 Å². The van der Waals surface area contributed by atoms with E-state index < -0.39 is 5.54 Å². The zero-order valence-electron chi connectivity index (χ0n) is 17.3. The number of nitrogens with two attached hydrogens (primary N) is 1. The summed E-state index contributed by atoms with van der Waals surface area (Å²) >= 11 is 0. The van der Waals surface area contributed by atoms with Crippen LogP contribution in [-0.2, 0) is 9.53 Å². The number of nitrogens with zero attached hydrogens (tertiary/aromatic N) is 3. The highest BCUT2D eigenvalue weighted by atomic mass is 127. The lowest BCUT2D eigenvalue weighted by Gasteiger charge is -2.60. The number of carbonyl (C=O) groups excluding carboxylic acids is 1. The van der Waals surface area contributed by atoms with Crippen molar-refractivity contribution in [1.29, 1.82) is 0 Å². The van der Waals surface area contributed by atoms with Gasteiger partial charge in [-0.05, 0) is 26.7 Å². The van der Waals surface area contributed by atoms with Gasteiger partial charge >= 0.3 is 0 Å². The van der Waals surface area contributed by atoms with Gasteiger partial charge in [0.15, 0.2) is 5.96 Å². The average Bonchev–Trinajstić information content (AvgIpc) is 2.62. The van der Waals surface area contributed by atoms with E-state index in [0.29, 0.717) is 18.1 Å². The van der Waals surface area contributed by atoms with Gasteiger partial charge in [0.05, 0.1) is 11.6 Å². The van der Waals surface area contributed by atoms with Crippen molar-refractivity contribution in [2.75, 3.05) is 39.8 Å². The van der Waals surface area contributed by atoms with Crippen LogP contribution in [-0.4, -0.2) is 79.2 Å². The van der Waals surface area contributed by atoms with Gasteiger partial charge in [0.1, 0.15) is 0 Å². The van der Waals surface area contributed by atoms with Gasteiger partial charge in [0.2, 0.25) is 5.91 Å². The molecule has 2 aliphatic heterocycles. The molecular weight excluding hydrogens is 457 g/mol. The molecule has 1 aliphatic carbocycles. The lowest BCUT2D eigenvalue weighted by atomic mass is 9.55. The third kappa shape index (κ3) is 4.07. The van der Waals surface area contributed by atoms with E-state index in [4.69, 9.17) is 10.5 Å². The number of carbonyl (C=O) groups is 1. The van der Waals surface area contributed by atoms with Gasteiger partial charge in [0, 0.05) is 57.2 Å². The lowest BCUT2D eigenvalue weighted by molar-refractivity contribution is -0.188. The van der Waals surface area contributed by atoms with Gasteiger partial charge in [-0.25, -0.2) is 0 Å². The van der Waals surface area contributed by atoms with Crippen molar-refractivity contribution >= 4 is 35.8 Å². The Hall–Kier alpha value is -0.610. The van der Waals surface area contributed by atoms with Crippen molar-refractivity contribution < 1.29 is 9.53 Å². The van der Waals surface area contributed by atoms with Crippen LogP contribution in [0.1, 0.15) is 40.5 Å². The van der Waals surface area contributed by atoms with Crippen LogP contribution in [0.3, 0.4) is 0 Å². The normalized spacial score (nSPS) is 31.4. The first-order valence-corrected chi connectivity index (χ1v) is 9.84. The van der Waals surface area contributed by atoms with Crippen molar-refractivity contribution in [3.63, 3.8) is 0 Å². The second kappa shape index (κ2) is 8.41. The Bertz CT molecular complexity index is 572. The number of amides is 1. The molecule has 0 bridgehead atoms. The summed E-state index contributed by atoms with van der Waals surface area (Å²) in [5.41, 5.74) is 5.08. The molecular formula is C19H36IN5O2. The minimum atomic E-state index is -0.605. The van der Waals surface area contributed by atoms with Crippen LogP contribution in [0.5, 0.6) is 0 Å². The molecule has 3 atom stereocenters. The summed E-state index contributed by atoms with van der Waals surface area (Å²) in [7, 11) is 1.85. The van der Waals surface area contributed by atoms with E-state index in [1.165, 1.54) is 6.42 Å². The minimum absolute atomic E-state index is 0. The first-order chi connectivity index (χ1) is 12.2. The Labute approximate surface area is 180 Å². The van der Waals surface area contributed by atoms with Crippen LogP contribution in [0.15, 0.2) is 4.99 Å². The molecule has 7 nitrogen and oxygen atoms in total. The fraction of sp³-hybridized carbons (Fsp3) is 0.895. The third-order valence-corrected chi connectivity index (χ3v) is 6.80. The third-order valence-electron chi connectivity index (χ3n) is 6.80. The molecule has 8 heteroatoms. The Morgan fingerprint density at radius 1 is 1.26 bits per heavy atom. The predicted molar refractivity (Wildman–Crippen MR) is 118 cm³/mol. The van der Waals surface area contributed by atoms with Crippen LogP contribution >= 0.6 is 24.0 Å². The molecule has 2 saturated heterocycles. The summed E-state index contributed by atoms with van der Waals surface area (Å²) in [4.78, 5) is 20.7. The largest absolute Gasteiger partial charge is 0.377 e. The van der Waals surface area contributed by atoms with E-state index in [1.807, 2.05) is 20.9 Å². The van der Waals surface area contributed by atoms with Crippen molar-refractivity contribution in [3.05, 3.63) is 0 Å². The quantitative estimate of drug-likeness (QED) is 0.352. The van der Waals surface area contributed by atoms with Gasteiger partial charge in [-0.15, -0.1) is 24.0 Å². The minimum Gasteiger partial charge on any atom is -0.377 e. The molecule has 0 spiro atoms. The van der Waals surface area contributed by atoms with Crippen molar-refractivity contribution in [2.45, 2.75) is 58.2 Å². The second-order valence-electron chi connectivity index (χ2n) is 8.99. The maximum Gasteiger partial charge on any atom is 0.237 e. The zero-order valence-corrected chi connectivity index (χ0v) is 19.7. The van der Waals surface area contributed by atoms with E-state index >= 15 is 0 Å². The van der Waals surface area contributed by atoms with Crippen LogP contribution < -0.4 is 11.1 Å². The van der Waals surface area contributed by atoms with E-state index in [2.05, 4.69) is 34.0 Å². The second-order valence-corrected chi connectivity index (χ2v) is 8.99. The van der Waals surface area contributed by atoms with Gasteiger partial charge < -0.3 is 20.7 Å². The molecule has 0 aromatic carbocycles. The Kier molecular flexibility index (Phi) is 7.06. The summed E-state index contributed by atoms with van der Waals surface area (Å²) in [6.45, 7) is 12.6. The molecule has 0 radical (unpaired) electrons. The highest BCUT2D eigenvalue weighted by Gasteiger charge is 2.58. The number of halogens is 1. The van der Waals surface area contributed by atoms with E-state index in [1.54, 1.807) is 0 Å². The summed E-state index contributed by atoms with van der Waals surface area (Å²) in [5.74, 6) is 1.27.